The molecule has 0 saturated heterocycles. The summed E-state index contributed by atoms with van der Waals surface area (Å²) in [6, 6.07) is 8.48. The summed E-state index contributed by atoms with van der Waals surface area (Å²) in [6.07, 6.45) is 3.82. The summed E-state index contributed by atoms with van der Waals surface area (Å²) in [4.78, 5) is 9.63. The highest BCUT2D eigenvalue weighted by Crippen LogP contribution is 2.30. The van der Waals surface area contributed by atoms with Crippen molar-refractivity contribution in [1.82, 2.24) is 9.97 Å². The van der Waals surface area contributed by atoms with Gasteiger partial charge in [-0.3, -0.25) is 0 Å². The molecule has 2 aromatic heterocycles. The Hall–Kier alpha value is -2.96. The van der Waals surface area contributed by atoms with Crippen molar-refractivity contribution < 1.29 is 4.74 Å². The zero-order chi connectivity index (χ0) is 29.0. The van der Waals surface area contributed by atoms with Gasteiger partial charge in [0.05, 0.1) is 6.61 Å². The third-order valence-electron chi connectivity index (χ3n) is 5.85. The standard InChI is InChI=1S/C17H19N3OS.C10H18.C5H11N/c1-3-7-21-15-6-5-12(8-11(15)4-2)13-9-14-16(19-10-13)22-17(18)20-14;1-7(2)10(8(3)4)9(5)6;1-4(2)5(3)6/h5-6,8-10H,3-4,7H2,1-2H3,(H2,18,20);8H,1H2,2-6H3;5H,1,6H2,2-3H3. The van der Waals surface area contributed by atoms with Crippen molar-refractivity contribution in [2.75, 3.05) is 12.3 Å². The molecule has 0 radical (unpaired) electrons. The number of thiazole rings is 1. The Morgan fingerprint density at radius 2 is 1.66 bits per heavy atom. The maximum absolute atomic E-state index is 5.80. The number of hydrogen-bond acceptors (Lipinski definition) is 6. The lowest BCUT2D eigenvalue weighted by atomic mass is 9.93. The third kappa shape index (κ3) is 10.4. The number of allylic oxidation sites excluding steroid dienone is 3. The van der Waals surface area contributed by atoms with E-state index in [1.54, 1.807) is 0 Å². The molecule has 38 heavy (non-hydrogen) atoms. The largest absolute Gasteiger partial charge is 0.493 e. The van der Waals surface area contributed by atoms with E-state index in [-0.39, 0.29) is 6.04 Å². The van der Waals surface area contributed by atoms with Gasteiger partial charge in [0.15, 0.2) is 5.13 Å². The normalized spacial score (nSPS) is 11.1. The third-order valence-corrected chi connectivity index (χ3v) is 6.66. The molecular weight excluding hydrogens is 488 g/mol. The van der Waals surface area contributed by atoms with Crippen molar-refractivity contribution in [3.05, 3.63) is 71.5 Å². The molecule has 1 atom stereocenters. The van der Waals surface area contributed by atoms with Crippen LogP contribution in [0.2, 0.25) is 0 Å². The number of anilines is 1. The smallest absolute Gasteiger partial charge is 0.182 e. The first-order valence-electron chi connectivity index (χ1n) is 13.3. The van der Waals surface area contributed by atoms with E-state index in [1.807, 2.05) is 32.2 Å². The number of rotatable bonds is 8. The predicted molar refractivity (Wildman–Crippen MR) is 169 cm³/mol. The van der Waals surface area contributed by atoms with E-state index in [4.69, 9.17) is 16.2 Å². The highest BCUT2D eigenvalue weighted by molar-refractivity contribution is 7.21. The van der Waals surface area contributed by atoms with Crippen LogP contribution < -0.4 is 16.2 Å². The van der Waals surface area contributed by atoms with Gasteiger partial charge in [-0.1, -0.05) is 75.0 Å². The first kappa shape index (κ1) is 33.1. The maximum Gasteiger partial charge on any atom is 0.182 e. The first-order chi connectivity index (χ1) is 17.8. The van der Waals surface area contributed by atoms with E-state index in [9.17, 15) is 0 Å². The number of nitrogens with zero attached hydrogens (tertiary/aromatic N) is 2. The number of fused-ring (bicyclic) bond motifs is 1. The number of hydrogen-bond donors (Lipinski definition) is 2. The Morgan fingerprint density at radius 3 is 2.11 bits per heavy atom. The zero-order valence-electron chi connectivity index (χ0n) is 24.9. The quantitative estimate of drug-likeness (QED) is 0.222. The second-order valence-corrected chi connectivity index (χ2v) is 11.1. The van der Waals surface area contributed by atoms with Crippen LogP contribution in [-0.4, -0.2) is 22.6 Å². The second kappa shape index (κ2) is 16.1. The van der Waals surface area contributed by atoms with Crippen LogP contribution in [0.5, 0.6) is 5.75 Å². The van der Waals surface area contributed by atoms with Crippen LogP contribution in [0.1, 0.15) is 74.3 Å². The zero-order valence-corrected chi connectivity index (χ0v) is 25.8. The topological polar surface area (TPSA) is 87.0 Å². The van der Waals surface area contributed by atoms with Crippen molar-refractivity contribution in [3.8, 4) is 16.9 Å². The lowest BCUT2D eigenvalue weighted by Gasteiger charge is -2.12. The average molecular weight is 537 g/mol. The predicted octanol–water partition coefficient (Wildman–Crippen LogP) is 8.76. The molecule has 0 spiro atoms. The van der Waals surface area contributed by atoms with Crippen LogP contribution in [0.4, 0.5) is 5.13 Å². The van der Waals surface area contributed by atoms with Crippen molar-refractivity contribution in [2.24, 2.45) is 11.7 Å². The number of aryl methyl sites for hydroxylation is 1. The summed E-state index contributed by atoms with van der Waals surface area (Å²) in [6.45, 7) is 27.2. The van der Waals surface area contributed by atoms with Gasteiger partial charge in [0.2, 0.25) is 0 Å². The van der Waals surface area contributed by atoms with Crippen molar-refractivity contribution in [1.29, 1.82) is 0 Å². The molecule has 0 bridgehead atoms. The molecule has 1 aromatic carbocycles. The molecule has 6 heteroatoms. The van der Waals surface area contributed by atoms with E-state index < -0.39 is 0 Å². The minimum atomic E-state index is 0.157. The maximum atomic E-state index is 5.80. The molecule has 0 saturated carbocycles. The summed E-state index contributed by atoms with van der Waals surface area (Å²) >= 11 is 1.41. The molecule has 208 valence electrons. The Morgan fingerprint density at radius 1 is 1.03 bits per heavy atom. The molecule has 0 aliphatic heterocycles. The SMILES string of the molecule is C=C(C)C(=C(C)C)C(C)C.C=C(C)C(C)N.CCCOc1ccc(-c2cnc3sc(N)nc3c2)cc1CC. The van der Waals surface area contributed by atoms with Crippen LogP contribution in [0, 0.1) is 5.92 Å². The Labute approximate surface area is 234 Å². The van der Waals surface area contributed by atoms with Crippen LogP contribution in [0.25, 0.3) is 21.5 Å². The Bertz CT molecular complexity index is 1230. The van der Waals surface area contributed by atoms with Gasteiger partial charge < -0.3 is 16.2 Å². The molecular formula is C32H48N4OS. The van der Waals surface area contributed by atoms with Gasteiger partial charge in [-0.15, -0.1) is 0 Å². The van der Waals surface area contributed by atoms with Gasteiger partial charge in [-0.2, -0.15) is 0 Å². The van der Waals surface area contributed by atoms with Crippen molar-refractivity contribution in [3.63, 3.8) is 0 Å². The molecule has 0 amide bonds. The minimum absolute atomic E-state index is 0.157. The van der Waals surface area contributed by atoms with Gasteiger partial charge in [0.25, 0.3) is 0 Å². The first-order valence-corrected chi connectivity index (χ1v) is 14.2. The van der Waals surface area contributed by atoms with E-state index in [1.165, 1.54) is 33.6 Å². The van der Waals surface area contributed by atoms with Gasteiger partial charge in [-0.05, 0) is 88.3 Å². The molecule has 4 N–H and O–H groups in total. The molecule has 3 rings (SSSR count). The lowest BCUT2D eigenvalue weighted by molar-refractivity contribution is 0.314. The number of nitrogens with two attached hydrogens (primary N) is 2. The monoisotopic (exact) mass is 536 g/mol. The van der Waals surface area contributed by atoms with Crippen LogP contribution in [0.3, 0.4) is 0 Å². The molecule has 5 nitrogen and oxygen atoms in total. The molecule has 0 aliphatic rings. The van der Waals surface area contributed by atoms with Gasteiger partial charge in [-0.25, -0.2) is 9.97 Å². The summed E-state index contributed by atoms with van der Waals surface area (Å²) in [5.74, 6) is 1.59. The highest BCUT2D eigenvalue weighted by Gasteiger charge is 2.09. The van der Waals surface area contributed by atoms with Crippen LogP contribution in [0.15, 0.2) is 65.9 Å². The fourth-order valence-electron chi connectivity index (χ4n) is 3.88. The Balaban J connectivity index is 0.000000376. The van der Waals surface area contributed by atoms with E-state index in [0.29, 0.717) is 11.0 Å². The Kier molecular flexibility index (Phi) is 14.0. The van der Waals surface area contributed by atoms with Crippen LogP contribution >= 0.6 is 11.3 Å². The van der Waals surface area contributed by atoms with Gasteiger partial charge in [0, 0.05) is 17.8 Å². The van der Waals surface area contributed by atoms with Crippen LogP contribution in [-0.2, 0) is 6.42 Å². The van der Waals surface area contributed by atoms with Gasteiger partial charge >= 0.3 is 0 Å². The molecule has 0 aliphatic carbocycles. The number of ether oxygens (including phenoxy) is 1. The van der Waals surface area contributed by atoms with E-state index in [0.717, 1.165) is 52.2 Å². The molecule has 2 heterocycles. The van der Waals surface area contributed by atoms with E-state index >= 15 is 0 Å². The number of nitrogen functional groups attached to an aromatic ring is 1. The number of aromatic nitrogens is 2. The van der Waals surface area contributed by atoms with Crippen molar-refractivity contribution >= 4 is 26.8 Å². The number of benzene rings is 1. The second-order valence-electron chi connectivity index (χ2n) is 10.1. The summed E-state index contributed by atoms with van der Waals surface area (Å²) in [5, 5.41) is 0.553. The highest BCUT2D eigenvalue weighted by atomic mass is 32.1. The summed E-state index contributed by atoms with van der Waals surface area (Å²) < 4.78 is 5.80. The summed E-state index contributed by atoms with van der Waals surface area (Å²) in [7, 11) is 0. The molecule has 1 unspecified atom stereocenters. The number of pyridine rings is 1. The minimum Gasteiger partial charge on any atom is -0.493 e. The summed E-state index contributed by atoms with van der Waals surface area (Å²) in [5.41, 5.74) is 20.4. The fourth-order valence-corrected chi connectivity index (χ4v) is 4.54. The van der Waals surface area contributed by atoms with Gasteiger partial charge in [0.1, 0.15) is 16.1 Å². The molecule has 0 fully saturated rings. The lowest BCUT2D eigenvalue weighted by Crippen LogP contribution is -2.14. The average Bonchev–Trinajstić information content (AvgIpc) is 3.21. The van der Waals surface area contributed by atoms with Crippen molar-refractivity contribution in [2.45, 2.75) is 81.2 Å². The van der Waals surface area contributed by atoms with E-state index in [2.05, 4.69) is 83.7 Å². The molecule has 3 aromatic rings. The fraction of sp³-hybridized carbons (Fsp3) is 0.438.